The molecule has 26 heavy (non-hydrogen) atoms. The summed E-state index contributed by atoms with van der Waals surface area (Å²) in [5.41, 5.74) is 0. The van der Waals surface area contributed by atoms with E-state index in [1.807, 2.05) is 0 Å². The summed E-state index contributed by atoms with van der Waals surface area (Å²) < 4.78 is 16.9. The molecule has 0 spiro atoms. The highest BCUT2D eigenvalue weighted by molar-refractivity contribution is 8.00. The van der Waals surface area contributed by atoms with Crippen LogP contribution in [0.2, 0.25) is 0 Å². The van der Waals surface area contributed by atoms with Gasteiger partial charge in [0, 0.05) is 31.5 Å². The molecule has 0 bridgehead atoms. The van der Waals surface area contributed by atoms with E-state index < -0.39 is 0 Å². The van der Waals surface area contributed by atoms with Gasteiger partial charge in [-0.2, -0.15) is 0 Å². The molecule has 2 heterocycles. The summed E-state index contributed by atoms with van der Waals surface area (Å²) in [4.78, 5) is 2.53. The lowest BCUT2D eigenvalue weighted by molar-refractivity contribution is -0.0514. The van der Waals surface area contributed by atoms with Gasteiger partial charge in [0.25, 0.3) is 0 Å². The molecule has 7 heteroatoms. The molecule has 2 saturated heterocycles. The van der Waals surface area contributed by atoms with E-state index in [0.717, 1.165) is 38.6 Å². The molecule has 2 aliphatic heterocycles. The van der Waals surface area contributed by atoms with Crippen LogP contribution in [0.15, 0.2) is 0 Å². The fourth-order valence-corrected chi connectivity index (χ4v) is 6.61. The Labute approximate surface area is 161 Å². The zero-order valence-electron chi connectivity index (χ0n) is 16.0. The number of thioether (sulfide) groups is 1. The summed E-state index contributed by atoms with van der Waals surface area (Å²) in [5.74, 6) is 1.77. The minimum atomic E-state index is -0.290. The molecule has 150 valence electrons. The second-order valence-corrected chi connectivity index (χ2v) is 9.64. The quantitative estimate of drug-likeness (QED) is 0.741. The van der Waals surface area contributed by atoms with Crippen molar-refractivity contribution >= 4 is 11.8 Å². The number of fused-ring (bicyclic) bond motifs is 1. The Morgan fingerprint density at radius 2 is 2.00 bits per heavy atom. The summed E-state index contributed by atoms with van der Waals surface area (Å²) in [6.07, 6.45) is 6.70. The highest BCUT2D eigenvalue weighted by Gasteiger charge is 2.40. The number of methoxy groups -OCH3 is 1. The van der Waals surface area contributed by atoms with Crippen molar-refractivity contribution in [2.45, 2.75) is 80.4 Å². The Kier molecular flexibility index (Phi) is 6.45. The van der Waals surface area contributed by atoms with Crippen molar-refractivity contribution < 1.29 is 19.3 Å². The third-order valence-corrected chi connectivity index (χ3v) is 8.28. The minimum Gasteiger partial charge on any atom is -0.390 e. The zero-order valence-corrected chi connectivity index (χ0v) is 16.8. The maximum atomic E-state index is 10.0. The smallest absolute Gasteiger partial charge is 0.147 e. The lowest BCUT2D eigenvalue weighted by atomic mass is 9.85. The van der Waals surface area contributed by atoms with E-state index >= 15 is 0 Å². The van der Waals surface area contributed by atoms with Crippen LogP contribution >= 0.6 is 11.8 Å². The Hall–Kier alpha value is 0.110. The van der Waals surface area contributed by atoms with Crippen LogP contribution in [-0.2, 0) is 14.2 Å². The molecule has 0 aromatic carbocycles. The van der Waals surface area contributed by atoms with Crippen molar-refractivity contribution in [2.75, 3.05) is 33.2 Å². The third-order valence-electron chi connectivity index (χ3n) is 6.80. The van der Waals surface area contributed by atoms with E-state index in [-0.39, 0.29) is 12.2 Å². The first-order valence-corrected chi connectivity index (χ1v) is 11.2. The van der Waals surface area contributed by atoms with Gasteiger partial charge >= 0.3 is 0 Å². The maximum absolute atomic E-state index is 10.0. The largest absolute Gasteiger partial charge is 0.390 e. The van der Waals surface area contributed by atoms with Crippen LogP contribution in [0.3, 0.4) is 0 Å². The molecule has 4 aliphatic rings. The highest BCUT2D eigenvalue weighted by atomic mass is 32.2. The van der Waals surface area contributed by atoms with E-state index in [1.54, 1.807) is 7.11 Å². The van der Waals surface area contributed by atoms with Crippen molar-refractivity contribution in [1.82, 2.24) is 10.2 Å². The summed E-state index contributed by atoms with van der Waals surface area (Å²) in [7, 11) is 3.98. The van der Waals surface area contributed by atoms with Crippen LogP contribution in [0.1, 0.15) is 38.5 Å². The molecule has 0 aromatic heterocycles. The van der Waals surface area contributed by atoms with Gasteiger partial charge in [-0.3, -0.25) is 0 Å². The van der Waals surface area contributed by atoms with Gasteiger partial charge in [0.1, 0.15) is 6.79 Å². The first-order valence-electron chi connectivity index (χ1n) is 10.2. The number of aliphatic hydroxyl groups is 1. The molecule has 2 saturated carbocycles. The van der Waals surface area contributed by atoms with Crippen LogP contribution in [-0.4, -0.2) is 85.1 Å². The maximum Gasteiger partial charge on any atom is 0.147 e. The topological polar surface area (TPSA) is 63.2 Å². The van der Waals surface area contributed by atoms with Crippen LogP contribution < -0.4 is 5.32 Å². The molecule has 8 unspecified atom stereocenters. The standard InChI is InChI=1S/C19H34N2O4S/c1-21(14-4-6-16-18(8-14)25-11-24-16)9-13-10-26-19(20-13)12-3-5-15(22)17(7-12)23-2/h12-20,22H,3-11H2,1-2H3. The lowest BCUT2D eigenvalue weighted by Gasteiger charge is -2.37. The van der Waals surface area contributed by atoms with Crippen molar-refractivity contribution in [3.63, 3.8) is 0 Å². The number of likely N-dealkylation sites (N-methyl/N-ethyl adjacent to an activating group) is 1. The number of rotatable bonds is 5. The SMILES string of the molecule is COC1CC(C2NC(CN(C)C3CCC4OCOC4C3)CS2)CCC1O. The molecular weight excluding hydrogens is 352 g/mol. The van der Waals surface area contributed by atoms with Crippen molar-refractivity contribution in [3.8, 4) is 0 Å². The second-order valence-electron chi connectivity index (χ2n) is 8.47. The van der Waals surface area contributed by atoms with Crippen LogP contribution in [0.5, 0.6) is 0 Å². The number of nitrogens with zero attached hydrogens (tertiary/aromatic N) is 1. The van der Waals surface area contributed by atoms with E-state index in [4.69, 9.17) is 14.2 Å². The predicted molar refractivity (Wildman–Crippen MR) is 102 cm³/mol. The normalized spacial score (nSPS) is 46.6. The first kappa shape index (κ1) is 19.4. The Bertz CT molecular complexity index is 471. The van der Waals surface area contributed by atoms with E-state index in [1.165, 1.54) is 12.2 Å². The Morgan fingerprint density at radius 3 is 2.85 bits per heavy atom. The van der Waals surface area contributed by atoms with E-state index in [0.29, 0.717) is 42.4 Å². The van der Waals surface area contributed by atoms with Gasteiger partial charge < -0.3 is 29.5 Å². The van der Waals surface area contributed by atoms with Gasteiger partial charge in [0.15, 0.2) is 0 Å². The van der Waals surface area contributed by atoms with Crippen LogP contribution in [0.4, 0.5) is 0 Å². The summed E-state index contributed by atoms with van der Waals surface area (Å²) in [6, 6.07) is 1.15. The number of nitrogens with one attached hydrogen (secondary N) is 1. The number of hydrogen-bond donors (Lipinski definition) is 2. The van der Waals surface area contributed by atoms with Gasteiger partial charge in [-0.1, -0.05) is 0 Å². The molecule has 4 rings (SSSR count). The zero-order chi connectivity index (χ0) is 18.1. The van der Waals surface area contributed by atoms with Gasteiger partial charge in [-0.05, 0) is 51.5 Å². The molecule has 0 radical (unpaired) electrons. The number of aliphatic hydroxyl groups excluding tert-OH is 1. The third kappa shape index (κ3) is 4.24. The molecule has 0 amide bonds. The molecule has 6 nitrogen and oxygen atoms in total. The van der Waals surface area contributed by atoms with E-state index in [2.05, 4.69) is 29.0 Å². The van der Waals surface area contributed by atoms with Crippen molar-refractivity contribution in [2.24, 2.45) is 5.92 Å². The molecule has 4 fully saturated rings. The summed E-state index contributed by atoms with van der Waals surface area (Å²) in [6.45, 7) is 1.57. The highest BCUT2D eigenvalue weighted by Crippen LogP contribution is 2.36. The van der Waals surface area contributed by atoms with Gasteiger partial charge in [0.2, 0.25) is 0 Å². The average molecular weight is 387 g/mol. The van der Waals surface area contributed by atoms with Crippen LogP contribution in [0, 0.1) is 5.92 Å². The summed E-state index contributed by atoms with van der Waals surface area (Å²) in [5, 5.41) is 14.4. The molecule has 2 aliphatic carbocycles. The van der Waals surface area contributed by atoms with E-state index in [9.17, 15) is 5.11 Å². The molecule has 0 aromatic rings. The minimum absolute atomic E-state index is 0.00156. The molecule has 2 N–H and O–H groups in total. The number of hydrogen-bond acceptors (Lipinski definition) is 7. The lowest BCUT2D eigenvalue weighted by Crippen LogP contribution is -2.48. The van der Waals surface area contributed by atoms with Crippen molar-refractivity contribution in [1.29, 1.82) is 0 Å². The van der Waals surface area contributed by atoms with Gasteiger partial charge in [-0.25, -0.2) is 0 Å². The first-order chi connectivity index (χ1) is 12.6. The average Bonchev–Trinajstić information content (AvgIpc) is 3.30. The Balaban J connectivity index is 1.24. The fourth-order valence-electron chi connectivity index (χ4n) is 5.16. The molecular formula is C19H34N2O4S. The van der Waals surface area contributed by atoms with Gasteiger partial charge in [0.05, 0.1) is 29.8 Å². The number of ether oxygens (including phenoxy) is 3. The van der Waals surface area contributed by atoms with Crippen LogP contribution in [0.25, 0.3) is 0 Å². The Morgan fingerprint density at radius 1 is 1.15 bits per heavy atom. The monoisotopic (exact) mass is 386 g/mol. The second kappa shape index (κ2) is 8.64. The van der Waals surface area contributed by atoms with Gasteiger partial charge in [-0.15, -0.1) is 11.8 Å². The molecule has 8 atom stereocenters. The predicted octanol–water partition coefficient (Wildman–Crippen LogP) is 1.42. The van der Waals surface area contributed by atoms with Crippen molar-refractivity contribution in [3.05, 3.63) is 0 Å². The summed E-state index contributed by atoms with van der Waals surface area (Å²) >= 11 is 2.06. The fraction of sp³-hybridized carbons (Fsp3) is 1.00.